The number of halogens is 1. The lowest BCUT2D eigenvalue weighted by atomic mass is 10.3. The Kier molecular flexibility index (Phi) is 3.95. The van der Waals surface area contributed by atoms with Crippen LogP contribution in [0.25, 0.3) is 0 Å². The number of thiophene rings is 1. The molecule has 1 heterocycles. The maximum Gasteiger partial charge on any atom is 0.324 e. The molecule has 0 aliphatic heterocycles. The van der Waals surface area contributed by atoms with Crippen LogP contribution in [0.3, 0.4) is 0 Å². The van der Waals surface area contributed by atoms with Crippen LogP contribution in [0.5, 0.6) is 0 Å². The first kappa shape index (κ1) is 12.3. The van der Waals surface area contributed by atoms with E-state index in [0.717, 1.165) is 14.1 Å². The third kappa shape index (κ3) is 3.16. The molecule has 17 heavy (non-hydrogen) atoms. The molecule has 0 spiro atoms. The summed E-state index contributed by atoms with van der Waals surface area (Å²) in [7, 11) is 0. The van der Waals surface area contributed by atoms with E-state index in [9.17, 15) is 10.1 Å². The Balaban J connectivity index is 2.02. The van der Waals surface area contributed by atoms with Crippen LogP contribution < -0.4 is 5.32 Å². The maximum atomic E-state index is 10.5. The summed E-state index contributed by atoms with van der Waals surface area (Å²) >= 11 is 3.45. The van der Waals surface area contributed by atoms with Gasteiger partial charge in [-0.3, -0.25) is 10.1 Å². The SMILES string of the molecule is O=[N+]([O-])c1ccc(CNc2ccccc2I)s1. The lowest BCUT2D eigenvalue weighted by Gasteiger charge is -2.06. The van der Waals surface area contributed by atoms with Crippen molar-refractivity contribution < 1.29 is 4.92 Å². The zero-order valence-corrected chi connectivity index (χ0v) is 11.7. The number of nitro groups is 1. The largest absolute Gasteiger partial charge is 0.379 e. The molecule has 1 N–H and O–H groups in total. The van der Waals surface area contributed by atoms with Crippen LogP contribution in [-0.2, 0) is 6.54 Å². The molecule has 0 fully saturated rings. The molecule has 0 aliphatic rings. The number of hydrogen-bond acceptors (Lipinski definition) is 4. The van der Waals surface area contributed by atoms with E-state index in [-0.39, 0.29) is 9.92 Å². The fourth-order valence-electron chi connectivity index (χ4n) is 1.35. The topological polar surface area (TPSA) is 55.2 Å². The molecule has 0 saturated heterocycles. The maximum absolute atomic E-state index is 10.5. The van der Waals surface area contributed by atoms with E-state index >= 15 is 0 Å². The summed E-state index contributed by atoms with van der Waals surface area (Å²) < 4.78 is 1.14. The molecule has 1 aromatic heterocycles. The summed E-state index contributed by atoms with van der Waals surface area (Å²) in [6, 6.07) is 11.3. The number of rotatable bonds is 4. The van der Waals surface area contributed by atoms with E-state index in [4.69, 9.17) is 0 Å². The first-order valence-electron chi connectivity index (χ1n) is 4.88. The highest BCUT2D eigenvalue weighted by atomic mass is 127. The fourth-order valence-corrected chi connectivity index (χ4v) is 2.68. The molecule has 0 atom stereocenters. The zero-order valence-electron chi connectivity index (χ0n) is 8.72. The number of hydrogen-bond donors (Lipinski definition) is 1. The molecule has 4 nitrogen and oxygen atoms in total. The third-order valence-electron chi connectivity index (χ3n) is 2.15. The van der Waals surface area contributed by atoms with E-state index in [2.05, 4.69) is 27.9 Å². The number of nitrogens with zero attached hydrogens (tertiary/aromatic N) is 1. The monoisotopic (exact) mass is 360 g/mol. The number of nitrogens with one attached hydrogen (secondary N) is 1. The molecule has 88 valence electrons. The number of anilines is 1. The number of benzene rings is 1. The molecule has 0 unspecified atom stereocenters. The highest BCUT2D eigenvalue weighted by Gasteiger charge is 2.09. The Hall–Kier alpha value is -1.15. The second kappa shape index (κ2) is 5.46. The van der Waals surface area contributed by atoms with Crippen LogP contribution >= 0.6 is 33.9 Å². The van der Waals surface area contributed by atoms with Crippen LogP contribution in [-0.4, -0.2) is 4.92 Å². The summed E-state index contributed by atoms with van der Waals surface area (Å²) in [5.74, 6) is 0. The third-order valence-corrected chi connectivity index (χ3v) is 4.13. The Morgan fingerprint density at radius 1 is 1.29 bits per heavy atom. The lowest BCUT2D eigenvalue weighted by molar-refractivity contribution is -0.380. The zero-order chi connectivity index (χ0) is 12.3. The van der Waals surface area contributed by atoms with E-state index < -0.39 is 0 Å². The molecule has 2 rings (SSSR count). The summed E-state index contributed by atoms with van der Waals surface area (Å²) in [5.41, 5.74) is 1.05. The van der Waals surface area contributed by atoms with Crippen LogP contribution in [0.2, 0.25) is 0 Å². The normalized spacial score (nSPS) is 10.2. The highest BCUT2D eigenvalue weighted by Crippen LogP contribution is 2.25. The predicted molar refractivity (Wildman–Crippen MR) is 77.5 cm³/mol. The standard InChI is InChI=1S/C11H9IN2O2S/c12-9-3-1-2-4-10(9)13-7-8-5-6-11(17-8)14(15)16/h1-6,13H,7H2. The van der Waals surface area contributed by atoms with E-state index in [1.54, 1.807) is 6.07 Å². The lowest BCUT2D eigenvalue weighted by Crippen LogP contribution is -1.98. The molecular formula is C11H9IN2O2S. The Morgan fingerprint density at radius 3 is 2.71 bits per heavy atom. The summed E-state index contributed by atoms with van der Waals surface area (Å²) in [4.78, 5) is 11.1. The van der Waals surface area contributed by atoms with Crippen LogP contribution in [0, 0.1) is 13.7 Å². The van der Waals surface area contributed by atoms with Gasteiger partial charge in [0.1, 0.15) is 0 Å². The van der Waals surface area contributed by atoms with Crippen molar-refractivity contribution in [3.63, 3.8) is 0 Å². The van der Waals surface area contributed by atoms with Gasteiger partial charge in [0.05, 0.1) is 4.92 Å². The van der Waals surface area contributed by atoms with Gasteiger partial charge in [-0.15, -0.1) is 0 Å². The predicted octanol–water partition coefficient (Wildman–Crippen LogP) is 3.87. The Labute approximate surface area is 116 Å². The highest BCUT2D eigenvalue weighted by molar-refractivity contribution is 14.1. The summed E-state index contributed by atoms with van der Waals surface area (Å²) in [5, 5.41) is 14.0. The molecule has 2 aromatic rings. The second-order valence-corrected chi connectivity index (χ2v) is 5.64. The molecule has 0 amide bonds. The van der Waals surface area contributed by atoms with Gasteiger partial charge in [0.15, 0.2) is 0 Å². The molecule has 0 saturated carbocycles. The quantitative estimate of drug-likeness (QED) is 0.512. The van der Waals surface area contributed by atoms with Gasteiger partial charge in [-0.05, 0) is 40.8 Å². The van der Waals surface area contributed by atoms with Crippen LogP contribution in [0.4, 0.5) is 10.7 Å². The molecular weight excluding hydrogens is 351 g/mol. The van der Waals surface area contributed by atoms with Crippen LogP contribution in [0.15, 0.2) is 36.4 Å². The van der Waals surface area contributed by atoms with Crippen molar-refractivity contribution in [2.75, 3.05) is 5.32 Å². The minimum Gasteiger partial charge on any atom is -0.379 e. The van der Waals surface area contributed by atoms with E-state index in [1.807, 2.05) is 24.3 Å². The fraction of sp³-hybridized carbons (Fsp3) is 0.0909. The Bertz CT molecular complexity index is 542. The van der Waals surface area contributed by atoms with Crippen molar-refractivity contribution in [1.82, 2.24) is 0 Å². The van der Waals surface area contributed by atoms with Crippen molar-refractivity contribution in [2.45, 2.75) is 6.54 Å². The Morgan fingerprint density at radius 2 is 2.06 bits per heavy atom. The van der Waals surface area contributed by atoms with E-state index in [1.165, 1.54) is 17.4 Å². The average molecular weight is 360 g/mol. The number of para-hydroxylation sites is 1. The molecule has 0 bridgehead atoms. The van der Waals surface area contributed by atoms with Gasteiger partial charge >= 0.3 is 5.00 Å². The van der Waals surface area contributed by atoms with Gasteiger partial charge in [-0.1, -0.05) is 23.5 Å². The van der Waals surface area contributed by atoms with Gasteiger partial charge in [0.2, 0.25) is 0 Å². The van der Waals surface area contributed by atoms with Gasteiger partial charge in [-0.25, -0.2) is 0 Å². The summed E-state index contributed by atoms with van der Waals surface area (Å²) in [6.07, 6.45) is 0. The van der Waals surface area contributed by atoms with Gasteiger partial charge in [-0.2, -0.15) is 0 Å². The summed E-state index contributed by atoms with van der Waals surface area (Å²) in [6.45, 7) is 0.610. The van der Waals surface area contributed by atoms with Crippen molar-refractivity contribution in [3.8, 4) is 0 Å². The van der Waals surface area contributed by atoms with Crippen LogP contribution in [0.1, 0.15) is 4.88 Å². The van der Waals surface area contributed by atoms with Crippen molar-refractivity contribution in [3.05, 3.63) is 55.0 Å². The minimum absolute atomic E-state index is 0.185. The smallest absolute Gasteiger partial charge is 0.324 e. The minimum atomic E-state index is -0.361. The van der Waals surface area contributed by atoms with E-state index in [0.29, 0.717) is 6.54 Å². The van der Waals surface area contributed by atoms with Crippen molar-refractivity contribution in [1.29, 1.82) is 0 Å². The van der Waals surface area contributed by atoms with Gasteiger partial charge in [0, 0.05) is 26.7 Å². The molecule has 0 aliphatic carbocycles. The molecule has 6 heteroatoms. The van der Waals surface area contributed by atoms with Crippen molar-refractivity contribution in [2.24, 2.45) is 0 Å². The molecule has 1 aromatic carbocycles. The average Bonchev–Trinajstić information content (AvgIpc) is 2.77. The second-order valence-electron chi connectivity index (χ2n) is 3.33. The van der Waals surface area contributed by atoms with Gasteiger partial charge < -0.3 is 5.32 Å². The van der Waals surface area contributed by atoms with Gasteiger partial charge in [0.25, 0.3) is 0 Å². The first-order chi connectivity index (χ1) is 8.16. The first-order valence-corrected chi connectivity index (χ1v) is 6.78. The van der Waals surface area contributed by atoms with Crippen molar-refractivity contribution >= 4 is 44.6 Å². The molecule has 0 radical (unpaired) electrons.